The van der Waals surface area contributed by atoms with Gasteiger partial charge in [-0.1, -0.05) is 0 Å². The molecule has 0 aliphatic carbocycles. The zero-order valence-corrected chi connectivity index (χ0v) is 7.58. The van der Waals surface area contributed by atoms with Gasteiger partial charge in [0.15, 0.2) is 0 Å². The van der Waals surface area contributed by atoms with E-state index in [-0.39, 0.29) is 0 Å². The Hall–Kier alpha value is -0.630. The van der Waals surface area contributed by atoms with Gasteiger partial charge in [-0.2, -0.15) is 5.26 Å². The van der Waals surface area contributed by atoms with Gasteiger partial charge in [0.2, 0.25) is 0 Å². The van der Waals surface area contributed by atoms with Gasteiger partial charge in [-0.3, -0.25) is 0 Å². The van der Waals surface area contributed by atoms with E-state index in [1.54, 1.807) is 12.3 Å². The van der Waals surface area contributed by atoms with Gasteiger partial charge in [0, 0.05) is 6.20 Å². The molecule has 0 unspecified atom stereocenters. The standard InChI is InChI=1S/C7H5IN2/c1-5-6(4-9)2-3-10-7(5)8/h2-3H,1H3. The van der Waals surface area contributed by atoms with Crippen LogP contribution in [0.5, 0.6) is 0 Å². The molecule has 0 radical (unpaired) electrons. The quantitative estimate of drug-likeness (QED) is 0.516. The van der Waals surface area contributed by atoms with E-state index >= 15 is 0 Å². The van der Waals surface area contributed by atoms with Crippen LogP contribution in [0.1, 0.15) is 11.1 Å². The predicted molar refractivity (Wildman–Crippen MR) is 46.4 cm³/mol. The van der Waals surface area contributed by atoms with Gasteiger partial charge in [-0.25, -0.2) is 4.98 Å². The van der Waals surface area contributed by atoms with Gasteiger partial charge in [-0.15, -0.1) is 0 Å². The molecular weight excluding hydrogens is 239 g/mol. The number of aromatic nitrogens is 1. The summed E-state index contributed by atoms with van der Waals surface area (Å²) in [5, 5.41) is 8.56. The minimum Gasteiger partial charge on any atom is -0.250 e. The van der Waals surface area contributed by atoms with Crippen LogP contribution in [-0.4, -0.2) is 4.98 Å². The third kappa shape index (κ3) is 1.27. The van der Waals surface area contributed by atoms with Gasteiger partial charge in [0.1, 0.15) is 3.70 Å². The number of hydrogen-bond donors (Lipinski definition) is 0. The molecule has 0 aliphatic rings. The lowest BCUT2D eigenvalue weighted by Crippen LogP contribution is -1.88. The average Bonchev–Trinajstić information content (AvgIpc) is 1.95. The maximum absolute atomic E-state index is 8.56. The highest BCUT2D eigenvalue weighted by molar-refractivity contribution is 14.1. The molecule has 0 fully saturated rings. The fourth-order valence-corrected chi connectivity index (χ4v) is 1.08. The topological polar surface area (TPSA) is 36.7 Å². The van der Waals surface area contributed by atoms with E-state index in [0.29, 0.717) is 5.56 Å². The summed E-state index contributed by atoms with van der Waals surface area (Å²) in [4.78, 5) is 4.02. The van der Waals surface area contributed by atoms with E-state index in [9.17, 15) is 0 Å². The molecule has 1 heterocycles. The van der Waals surface area contributed by atoms with Crippen molar-refractivity contribution in [2.45, 2.75) is 6.92 Å². The smallest absolute Gasteiger partial charge is 0.105 e. The van der Waals surface area contributed by atoms with Crippen LogP contribution in [0.15, 0.2) is 12.3 Å². The second-order valence-electron chi connectivity index (χ2n) is 1.89. The fourth-order valence-electron chi connectivity index (χ4n) is 0.631. The van der Waals surface area contributed by atoms with Crippen molar-refractivity contribution in [1.29, 1.82) is 5.26 Å². The summed E-state index contributed by atoms with van der Waals surface area (Å²) in [6, 6.07) is 3.81. The third-order valence-corrected chi connectivity index (χ3v) is 2.35. The van der Waals surface area contributed by atoms with E-state index in [2.05, 4.69) is 33.6 Å². The molecule has 0 saturated heterocycles. The van der Waals surface area contributed by atoms with Gasteiger partial charge >= 0.3 is 0 Å². The van der Waals surface area contributed by atoms with Crippen molar-refractivity contribution in [3.8, 4) is 6.07 Å². The summed E-state index contributed by atoms with van der Waals surface area (Å²) in [6.45, 7) is 1.90. The van der Waals surface area contributed by atoms with Crippen LogP contribution < -0.4 is 0 Å². The van der Waals surface area contributed by atoms with Crippen molar-refractivity contribution < 1.29 is 0 Å². The summed E-state index contributed by atoms with van der Waals surface area (Å²) < 4.78 is 0.900. The Balaban J connectivity index is 3.31. The Morgan fingerprint density at radius 3 is 2.90 bits per heavy atom. The van der Waals surface area contributed by atoms with Crippen molar-refractivity contribution in [1.82, 2.24) is 4.98 Å². The molecule has 2 nitrogen and oxygen atoms in total. The zero-order valence-electron chi connectivity index (χ0n) is 5.43. The molecular formula is C7H5IN2. The highest BCUT2D eigenvalue weighted by Crippen LogP contribution is 2.11. The van der Waals surface area contributed by atoms with Gasteiger partial charge in [0.05, 0.1) is 11.6 Å². The molecule has 1 aromatic heterocycles. The monoisotopic (exact) mass is 244 g/mol. The highest BCUT2D eigenvalue weighted by Gasteiger charge is 1.99. The molecule has 0 aliphatic heterocycles. The van der Waals surface area contributed by atoms with Crippen LogP contribution in [-0.2, 0) is 0 Å². The molecule has 0 spiro atoms. The second kappa shape index (κ2) is 2.97. The SMILES string of the molecule is Cc1c(C#N)ccnc1I. The first kappa shape index (κ1) is 7.48. The molecule has 10 heavy (non-hydrogen) atoms. The number of nitrogens with zero attached hydrogens (tertiary/aromatic N) is 2. The first-order valence-electron chi connectivity index (χ1n) is 2.77. The van der Waals surface area contributed by atoms with Gasteiger partial charge < -0.3 is 0 Å². The molecule has 50 valence electrons. The third-order valence-electron chi connectivity index (χ3n) is 1.26. The number of rotatable bonds is 0. The zero-order chi connectivity index (χ0) is 7.56. The average molecular weight is 244 g/mol. The van der Waals surface area contributed by atoms with Crippen LogP contribution >= 0.6 is 22.6 Å². The Bertz CT molecular complexity index is 288. The Morgan fingerprint density at radius 1 is 1.70 bits per heavy atom. The number of nitriles is 1. The molecule has 0 bridgehead atoms. The second-order valence-corrected chi connectivity index (χ2v) is 2.91. The van der Waals surface area contributed by atoms with E-state index in [1.165, 1.54) is 0 Å². The molecule has 0 N–H and O–H groups in total. The van der Waals surface area contributed by atoms with Crippen LogP contribution in [0, 0.1) is 22.0 Å². The fraction of sp³-hybridized carbons (Fsp3) is 0.143. The van der Waals surface area contributed by atoms with Crippen molar-refractivity contribution in [3.05, 3.63) is 27.1 Å². The lowest BCUT2D eigenvalue weighted by molar-refractivity contribution is 1.19. The minimum atomic E-state index is 0.708. The molecule has 0 saturated carbocycles. The highest BCUT2D eigenvalue weighted by atomic mass is 127. The van der Waals surface area contributed by atoms with Gasteiger partial charge in [0.25, 0.3) is 0 Å². The Labute approximate surface area is 73.0 Å². The summed E-state index contributed by atoms with van der Waals surface area (Å²) >= 11 is 2.11. The Morgan fingerprint density at radius 2 is 2.40 bits per heavy atom. The van der Waals surface area contributed by atoms with Crippen LogP contribution in [0.2, 0.25) is 0 Å². The molecule has 1 aromatic rings. The van der Waals surface area contributed by atoms with Crippen LogP contribution in [0.4, 0.5) is 0 Å². The normalized spacial score (nSPS) is 8.90. The summed E-state index contributed by atoms with van der Waals surface area (Å²) in [7, 11) is 0. The molecule has 0 aromatic carbocycles. The van der Waals surface area contributed by atoms with Crippen molar-refractivity contribution in [2.75, 3.05) is 0 Å². The minimum absolute atomic E-state index is 0.708. The maximum Gasteiger partial charge on any atom is 0.105 e. The summed E-state index contributed by atoms with van der Waals surface area (Å²) in [6.07, 6.45) is 1.65. The predicted octanol–water partition coefficient (Wildman–Crippen LogP) is 1.87. The summed E-state index contributed by atoms with van der Waals surface area (Å²) in [5.74, 6) is 0. The number of halogens is 1. The van der Waals surface area contributed by atoms with Crippen LogP contribution in [0.3, 0.4) is 0 Å². The van der Waals surface area contributed by atoms with E-state index in [0.717, 1.165) is 9.26 Å². The number of pyridine rings is 1. The first-order chi connectivity index (χ1) is 4.75. The Kier molecular flexibility index (Phi) is 2.22. The first-order valence-corrected chi connectivity index (χ1v) is 3.85. The van der Waals surface area contributed by atoms with Crippen molar-refractivity contribution in [2.24, 2.45) is 0 Å². The molecule has 1 rings (SSSR count). The van der Waals surface area contributed by atoms with E-state index in [4.69, 9.17) is 5.26 Å². The lowest BCUT2D eigenvalue weighted by atomic mass is 10.2. The molecule has 0 atom stereocenters. The molecule has 3 heteroatoms. The largest absolute Gasteiger partial charge is 0.250 e. The summed E-state index contributed by atoms with van der Waals surface area (Å²) in [5.41, 5.74) is 1.67. The number of hydrogen-bond acceptors (Lipinski definition) is 2. The van der Waals surface area contributed by atoms with Crippen LogP contribution in [0.25, 0.3) is 0 Å². The van der Waals surface area contributed by atoms with E-state index < -0.39 is 0 Å². The van der Waals surface area contributed by atoms with Crippen molar-refractivity contribution >= 4 is 22.6 Å². The van der Waals surface area contributed by atoms with Crippen molar-refractivity contribution in [3.63, 3.8) is 0 Å². The van der Waals surface area contributed by atoms with E-state index in [1.807, 2.05) is 6.92 Å². The molecule has 0 amide bonds. The lowest BCUT2D eigenvalue weighted by Gasteiger charge is -1.96. The van der Waals surface area contributed by atoms with Gasteiger partial charge in [-0.05, 0) is 41.1 Å². The maximum atomic E-state index is 8.56.